The maximum Gasteiger partial charge on any atom is 0.309 e. The van der Waals surface area contributed by atoms with Gasteiger partial charge in [0.05, 0.1) is 5.60 Å². The van der Waals surface area contributed by atoms with Crippen molar-refractivity contribution in [3.63, 3.8) is 0 Å². The Labute approximate surface area is 118 Å². The van der Waals surface area contributed by atoms with Crippen molar-refractivity contribution in [3.05, 3.63) is 35.9 Å². The van der Waals surface area contributed by atoms with E-state index in [0.29, 0.717) is 6.54 Å². The third kappa shape index (κ3) is 4.06. The van der Waals surface area contributed by atoms with Crippen LogP contribution in [0.2, 0.25) is 0 Å². The molecule has 1 aliphatic carbocycles. The first-order chi connectivity index (χ1) is 9.49. The molecule has 2 rings (SSSR count). The Morgan fingerprint density at radius 3 is 2.40 bits per heavy atom. The monoisotopic (exact) mass is 276 g/mol. The van der Waals surface area contributed by atoms with Crippen LogP contribution in [0.1, 0.15) is 25.3 Å². The molecule has 5 heteroatoms. The Kier molecular flexibility index (Phi) is 4.39. The van der Waals surface area contributed by atoms with Crippen LogP contribution in [0.3, 0.4) is 0 Å². The summed E-state index contributed by atoms with van der Waals surface area (Å²) in [6, 6.07) is 9.37. The van der Waals surface area contributed by atoms with E-state index in [2.05, 4.69) is 10.6 Å². The zero-order chi connectivity index (χ0) is 14.6. The van der Waals surface area contributed by atoms with Crippen molar-refractivity contribution in [3.8, 4) is 0 Å². The van der Waals surface area contributed by atoms with Crippen molar-refractivity contribution in [2.45, 2.75) is 31.9 Å². The average molecular weight is 276 g/mol. The molecule has 5 nitrogen and oxygen atoms in total. The molecule has 3 N–H and O–H groups in total. The average Bonchev–Trinajstić information content (AvgIpc) is 3.28. The Balaban J connectivity index is 1.73. The van der Waals surface area contributed by atoms with E-state index in [4.69, 9.17) is 0 Å². The molecule has 0 spiro atoms. The van der Waals surface area contributed by atoms with Gasteiger partial charge in [0.25, 0.3) is 0 Å². The van der Waals surface area contributed by atoms with Gasteiger partial charge in [-0.1, -0.05) is 30.3 Å². The molecule has 2 amide bonds. The fourth-order valence-corrected chi connectivity index (χ4v) is 2.05. The number of carbonyl (C=O) groups excluding carboxylic acids is 2. The highest BCUT2D eigenvalue weighted by atomic mass is 16.3. The van der Waals surface area contributed by atoms with Crippen molar-refractivity contribution in [1.82, 2.24) is 10.6 Å². The van der Waals surface area contributed by atoms with E-state index in [9.17, 15) is 14.7 Å². The van der Waals surface area contributed by atoms with Gasteiger partial charge in [-0.05, 0) is 31.2 Å². The summed E-state index contributed by atoms with van der Waals surface area (Å²) in [5.41, 5.74) is 0.00802. The molecule has 1 atom stereocenters. The van der Waals surface area contributed by atoms with Crippen LogP contribution in [0.15, 0.2) is 30.3 Å². The van der Waals surface area contributed by atoms with Gasteiger partial charge in [-0.3, -0.25) is 9.59 Å². The van der Waals surface area contributed by atoms with Crippen molar-refractivity contribution < 1.29 is 14.7 Å². The molecule has 1 unspecified atom stereocenters. The normalized spacial score (nSPS) is 17.1. The first-order valence-corrected chi connectivity index (χ1v) is 6.81. The number of rotatable bonds is 5. The number of hydrogen-bond donors (Lipinski definition) is 3. The van der Waals surface area contributed by atoms with Gasteiger partial charge in [-0.25, -0.2) is 0 Å². The lowest BCUT2D eigenvalue weighted by molar-refractivity contribution is -0.140. The molecule has 0 radical (unpaired) electrons. The van der Waals surface area contributed by atoms with E-state index in [1.807, 2.05) is 30.3 Å². The minimum absolute atomic E-state index is 0.106. The van der Waals surface area contributed by atoms with Gasteiger partial charge >= 0.3 is 11.8 Å². The Morgan fingerprint density at radius 1 is 1.20 bits per heavy atom. The molecule has 1 aromatic carbocycles. The number of aliphatic hydroxyl groups is 1. The van der Waals surface area contributed by atoms with Crippen LogP contribution in [0.4, 0.5) is 0 Å². The molecule has 108 valence electrons. The Bertz CT molecular complexity index is 481. The van der Waals surface area contributed by atoms with Gasteiger partial charge in [-0.15, -0.1) is 0 Å². The van der Waals surface area contributed by atoms with E-state index in [1.165, 1.54) is 0 Å². The predicted molar refractivity (Wildman–Crippen MR) is 74.6 cm³/mol. The van der Waals surface area contributed by atoms with Crippen LogP contribution in [-0.4, -0.2) is 29.1 Å². The van der Waals surface area contributed by atoms with Gasteiger partial charge < -0.3 is 15.7 Å². The number of benzene rings is 1. The van der Waals surface area contributed by atoms with Crippen molar-refractivity contribution >= 4 is 11.8 Å². The summed E-state index contributed by atoms with van der Waals surface area (Å²) in [5, 5.41) is 15.1. The summed E-state index contributed by atoms with van der Waals surface area (Å²) in [6.45, 7) is 2.11. The zero-order valence-electron chi connectivity index (χ0n) is 11.6. The molecule has 0 aromatic heterocycles. The van der Waals surface area contributed by atoms with Crippen molar-refractivity contribution in [1.29, 1.82) is 0 Å². The fourth-order valence-electron chi connectivity index (χ4n) is 2.05. The SMILES string of the molecule is CC(O)(CNC(=O)C(=O)NCc1ccccc1)C1CC1. The Morgan fingerprint density at radius 2 is 1.80 bits per heavy atom. The van der Waals surface area contributed by atoms with Gasteiger partial charge in [0.2, 0.25) is 0 Å². The van der Waals surface area contributed by atoms with Gasteiger partial charge in [0.1, 0.15) is 0 Å². The highest BCUT2D eigenvalue weighted by Crippen LogP contribution is 2.38. The number of hydrogen-bond acceptors (Lipinski definition) is 3. The largest absolute Gasteiger partial charge is 0.388 e. The lowest BCUT2D eigenvalue weighted by Crippen LogP contribution is -2.47. The third-order valence-electron chi connectivity index (χ3n) is 3.57. The lowest BCUT2D eigenvalue weighted by Gasteiger charge is -2.22. The summed E-state index contributed by atoms with van der Waals surface area (Å²) in [5.74, 6) is -1.16. The molecule has 0 saturated heterocycles. The molecule has 1 aromatic rings. The molecule has 0 bridgehead atoms. The maximum atomic E-state index is 11.6. The third-order valence-corrected chi connectivity index (χ3v) is 3.57. The van der Waals surface area contributed by atoms with E-state index >= 15 is 0 Å². The molecule has 1 aliphatic rings. The first kappa shape index (κ1) is 14.5. The van der Waals surface area contributed by atoms with Crippen LogP contribution in [0, 0.1) is 5.92 Å². The standard InChI is InChI=1S/C15H20N2O3/c1-15(20,12-7-8-12)10-17-14(19)13(18)16-9-11-5-3-2-4-6-11/h2-6,12,20H,7-10H2,1H3,(H,16,18)(H,17,19). The predicted octanol–water partition coefficient (Wildman–Crippen LogP) is 0.580. The second-order valence-electron chi connectivity index (χ2n) is 5.48. The minimum atomic E-state index is -0.921. The lowest BCUT2D eigenvalue weighted by atomic mass is 10.0. The first-order valence-electron chi connectivity index (χ1n) is 6.81. The summed E-state index contributed by atoms with van der Waals surface area (Å²) in [7, 11) is 0. The van der Waals surface area contributed by atoms with Crippen molar-refractivity contribution in [2.24, 2.45) is 5.92 Å². The van der Waals surface area contributed by atoms with E-state index in [1.54, 1.807) is 6.92 Å². The topological polar surface area (TPSA) is 78.4 Å². The summed E-state index contributed by atoms with van der Waals surface area (Å²) in [6.07, 6.45) is 1.95. The summed E-state index contributed by atoms with van der Waals surface area (Å²) in [4.78, 5) is 23.2. The zero-order valence-corrected chi connectivity index (χ0v) is 11.6. The van der Waals surface area contributed by atoms with Crippen LogP contribution in [0.25, 0.3) is 0 Å². The number of nitrogens with one attached hydrogen (secondary N) is 2. The summed E-state index contributed by atoms with van der Waals surface area (Å²) < 4.78 is 0. The summed E-state index contributed by atoms with van der Waals surface area (Å²) >= 11 is 0. The molecule has 0 heterocycles. The molecular formula is C15H20N2O3. The Hall–Kier alpha value is -1.88. The maximum absolute atomic E-state index is 11.6. The number of amides is 2. The second kappa shape index (κ2) is 6.05. The van der Waals surface area contributed by atoms with Gasteiger partial charge in [-0.2, -0.15) is 0 Å². The molecular weight excluding hydrogens is 256 g/mol. The van der Waals surface area contributed by atoms with Gasteiger partial charge in [0.15, 0.2) is 0 Å². The van der Waals surface area contributed by atoms with Crippen LogP contribution < -0.4 is 10.6 Å². The van der Waals surface area contributed by atoms with Crippen LogP contribution in [0.5, 0.6) is 0 Å². The van der Waals surface area contributed by atoms with E-state index < -0.39 is 17.4 Å². The molecule has 20 heavy (non-hydrogen) atoms. The molecule has 1 fully saturated rings. The number of carbonyl (C=O) groups is 2. The van der Waals surface area contributed by atoms with Gasteiger partial charge in [0, 0.05) is 13.1 Å². The smallest absolute Gasteiger partial charge is 0.309 e. The molecule has 1 saturated carbocycles. The minimum Gasteiger partial charge on any atom is -0.388 e. The molecule has 0 aliphatic heterocycles. The quantitative estimate of drug-likeness (QED) is 0.688. The highest BCUT2D eigenvalue weighted by molar-refractivity contribution is 6.35. The van der Waals surface area contributed by atoms with E-state index in [-0.39, 0.29) is 12.5 Å². The van der Waals surface area contributed by atoms with Crippen molar-refractivity contribution in [2.75, 3.05) is 6.54 Å². The van der Waals surface area contributed by atoms with Crippen LogP contribution >= 0.6 is 0 Å². The second-order valence-corrected chi connectivity index (χ2v) is 5.48. The highest BCUT2D eigenvalue weighted by Gasteiger charge is 2.40. The fraction of sp³-hybridized carbons (Fsp3) is 0.467. The van der Waals surface area contributed by atoms with Crippen LogP contribution in [-0.2, 0) is 16.1 Å². The van der Waals surface area contributed by atoms with E-state index in [0.717, 1.165) is 18.4 Å².